The first-order valence-corrected chi connectivity index (χ1v) is 12.6. The Morgan fingerprint density at radius 3 is 2.61 bits per heavy atom. The third-order valence-corrected chi connectivity index (χ3v) is 7.73. The van der Waals surface area contributed by atoms with Crippen molar-refractivity contribution in [1.29, 1.82) is 0 Å². The largest absolute Gasteiger partial charge is 0.496 e. The zero-order chi connectivity index (χ0) is 26.2. The van der Waals surface area contributed by atoms with Gasteiger partial charge in [0.2, 0.25) is 5.91 Å². The number of aliphatic carboxylic acids is 1. The molecule has 192 valence electrons. The first-order valence-electron chi connectivity index (χ1n) is 12.6. The van der Waals surface area contributed by atoms with E-state index in [1.165, 1.54) is 6.07 Å². The lowest BCUT2D eigenvalue weighted by molar-refractivity contribution is -0.141. The molecule has 0 fully saturated rings. The summed E-state index contributed by atoms with van der Waals surface area (Å²) in [6.07, 6.45) is 2.41. The molecule has 4 rings (SSSR count). The van der Waals surface area contributed by atoms with E-state index >= 15 is 4.39 Å². The van der Waals surface area contributed by atoms with Gasteiger partial charge in [0, 0.05) is 25.8 Å². The number of ether oxygens (including phenoxy) is 1. The molecule has 1 heterocycles. The number of hydrogen-bond acceptors (Lipinski definition) is 4. The summed E-state index contributed by atoms with van der Waals surface area (Å²) in [5, 5.41) is 8.95. The summed E-state index contributed by atoms with van der Waals surface area (Å²) in [7, 11) is 1.60. The Bertz CT molecular complexity index is 1220. The molecule has 7 heteroatoms. The van der Waals surface area contributed by atoms with Crippen LogP contribution in [0.2, 0.25) is 0 Å². The zero-order valence-electron chi connectivity index (χ0n) is 21.4. The van der Waals surface area contributed by atoms with Crippen molar-refractivity contribution in [2.75, 3.05) is 13.7 Å². The first kappa shape index (κ1) is 25.9. The van der Waals surface area contributed by atoms with Crippen molar-refractivity contribution < 1.29 is 28.6 Å². The third-order valence-electron chi connectivity index (χ3n) is 7.73. The van der Waals surface area contributed by atoms with Crippen LogP contribution in [0.5, 0.6) is 5.75 Å². The van der Waals surface area contributed by atoms with Gasteiger partial charge in [-0.15, -0.1) is 0 Å². The number of fused-ring (bicyclic) bond motifs is 2. The second kappa shape index (κ2) is 10.0. The van der Waals surface area contributed by atoms with E-state index in [4.69, 9.17) is 9.84 Å². The Labute approximate surface area is 211 Å². The Morgan fingerprint density at radius 2 is 1.92 bits per heavy atom. The highest BCUT2D eigenvalue weighted by molar-refractivity contribution is 5.92. The summed E-state index contributed by atoms with van der Waals surface area (Å²) in [6.45, 7) is 6.38. The number of Topliss-reactive ketones (excluding diaryl/α,β-unsaturated/α-hetero) is 1. The van der Waals surface area contributed by atoms with Gasteiger partial charge in [-0.2, -0.15) is 0 Å². The maximum atomic E-state index is 15.1. The SMILES string of the molecule is COc1ccc2c(c1C)CCN(C(=O)CCCC(=O)O)[C@H]2C(=O)Cc1cc(F)c2c(c1)CCC2(C)C. The molecular weight excluding hydrogens is 461 g/mol. The van der Waals surface area contributed by atoms with Crippen LogP contribution in [0.4, 0.5) is 4.39 Å². The number of benzene rings is 2. The van der Waals surface area contributed by atoms with Crippen LogP contribution in [0.15, 0.2) is 24.3 Å². The molecular formula is C29H34FNO5. The van der Waals surface area contributed by atoms with E-state index in [-0.39, 0.29) is 48.6 Å². The monoisotopic (exact) mass is 495 g/mol. The van der Waals surface area contributed by atoms with E-state index in [0.717, 1.165) is 46.4 Å². The van der Waals surface area contributed by atoms with Crippen LogP contribution < -0.4 is 4.74 Å². The fourth-order valence-electron chi connectivity index (χ4n) is 5.90. The summed E-state index contributed by atoms with van der Waals surface area (Å²) < 4.78 is 20.5. The molecule has 36 heavy (non-hydrogen) atoms. The fourth-order valence-corrected chi connectivity index (χ4v) is 5.90. The number of rotatable bonds is 8. The lowest BCUT2D eigenvalue weighted by atomic mass is 9.84. The predicted octanol–water partition coefficient (Wildman–Crippen LogP) is 4.86. The molecule has 1 atom stereocenters. The molecule has 1 aliphatic heterocycles. The Kier molecular flexibility index (Phi) is 7.21. The maximum absolute atomic E-state index is 15.1. The minimum absolute atomic E-state index is 0.0126. The summed E-state index contributed by atoms with van der Waals surface area (Å²) >= 11 is 0. The number of carboxylic acids is 1. The molecule has 1 amide bonds. The normalized spacial score (nSPS) is 17.9. The zero-order valence-corrected chi connectivity index (χ0v) is 21.4. The number of carboxylic acid groups (broad SMARTS) is 1. The molecule has 0 unspecified atom stereocenters. The van der Waals surface area contributed by atoms with Crippen molar-refractivity contribution in [3.63, 3.8) is 0 Å². The number of ketones is 1. The van der Waals surface area contributed by atoms with Crippen LogP contribution in [0.1, 0.15) is 79.0 Å². The molecule has 2 aromatic rings. The number of carbonyl (C=O) groups is 3. The van der Waals surface area contributed by atoms with Crippen molar-refractivity contribution in [1.82, 2.24) is 4.90 Å². The van der Waals surface area contributed by atoms with E-state index in [2.05, 4.69) is 0 Å². The number of nitrogens with zero attached hydrogens (tertiary/aromatic N) is 1. The number of carbonyl (C=O) groups excluding carboxylic acids is 2. The van der Waals surface area contributed by atoms with Crippen LogP contribution in [-0.2, 0) is 39.1 Å². The maximum Gasteiger partial charge on any atom is 0.303 e. The van der Waals surface area contributed by atoms with Gasteiger partial charge in [0.25, 0.3) is 0 Å². The molecule has 0 spiro atoms. The molecule has 0 bridgehead atoms. The van der Waals surface area contributed by atoms with Gasteiger partial charge in [-0.1, -0.05) is 26.0 Å². The number of halogens is 1. The minimum Gasteiger partial charge on any atom is -0.496 e. The topological polar surface area (TPSA) is 83.9 Å². The van der Waals surface area contributed by atoms with Crippen molar-refractivity contribution in [3.8, 4) is 5.75 Å². The van der Waals surface area contributed by atoms with Gasteiger partial charge in [-0.3, -0.25) is 14.4 Å². The fraction of sp³-hybridized carbons (Fsp3) is 0.483. The van der Waals surface area contributed by atoms with Gasteiger partial charge in [0.05, 0.1) is 7.11 Å². The van der Waals surface area contributed by atoms with Crippen LogP contribution in [0.3, 0.4) is 0 Å². The lowest BCUT2D eigenvalue weighted by Gasteiger charge is -2.37. The van der Waals surface area contributed by atoms with Crippen LogP contribution >= 0.6 is 0 Å². The number of hydrogen-bond donors (Lipinski definition) is 1. The van der Waals surface area contributed by atoms with E-state index in [9.17, 15) is 14.4 Å². The summed E-state index contributed by atoms with van der Waals surface area (Å²) in [4.78, 5) is 39.4. The highest BCUT2D eigenvalue weighted by Crippen LogP contribution is 2.41. The highest BCUT2D eigenvalue weighted by atomic mass is 19.1. The van der Waals surface area contributed by atoms with Gasteiger partial charge >= 0.3 is 5.97 Å². The number of methoxy groups -OCH3 is 1. The molecule has 0 radical (unpaired) electrons. The predicted molar refractivity (Wildman–Crippen MR) is 134 cm³/mol. The Hall–Kier alpha value is -3.22. The molecule has 1 aliphatic carbocycles. The van der Waals surface area contributed by atoms with Crippen molar-refractivity contribution >= 4 is 17.7 Å². The minimum atomic E-state index is -0.955. The first-order chi connectivity index (χ1) is 17.0. The summed E-state index contributed by atoms with van der Waals surface area (Å²) in [5.74, 6) is -0.920. The molecule has 2 aromatic carbocycles. The van der Waals surface area contributed by atoms with Crippen molar-refractivity contribution in [3.05, 3.63) is 63.5 Å². The highest BCUT2D eigenvalue weighted by Gasteiger charge is 2.37. The molecule has 2 aliphatic rings. The number of amides is 1. The van der Waals surface area contributed by atoms with Crippen molar-refractivity contribution in [2.24, 2.45) is 0 Å². The second-order valence-electron chi connectivity index (χ2n) is 10.6. The van der Waals surface area contributed by atoms with Crippen LogP contribution in [0.25, 0.3) is 0 Å². The molecule has 0 saturated heterocycles. The van der Waals surface area contributed by atoms with E-state index < -0.39 is 12.0 Å². The second-order valence-corrected chi connectivity index (χ2v) is 10.6. The quantitative estimate of drug-likeness (QED) is 0.566. The van der Waals surface area contributed by atoms with Gasteiger partial charge < -0.3 is 14.7 Å². The molecule has 1 N–H and O–H groups in total. The smallest absolute Gasteiger partial charge is 0.303 e. The van der Waals surface area contributed by atoms with Gasteiger partial charge in [0.1, 0.15) is 17.6 Å². The van der Waals surface area contributed by atoms with E-state index in [1.807, 2.05) is 39.0 Å². The molecule has 0 saturated carbocycles. The van der Waals surface area contributed by atoms with E-state index in [1.54, 1.807) is 12.0 Å². The van der Waals surface area contributed by atoms with Gasteiger partial charge in [0.15, 0.2) is 5.78 Å². The average molecular weight is 496 g/mol. The van der Waals surface area contributed by atoms with Crippen molar-refractivity contribution in [2.45, 2.75) is 77.2 Å². The Morgan fingerprint density at radius 1 is 1.17 bits per heavy atom. The van der Waals surface area contributed by atoms with Gasteiger partial charge in [-0.05, 0) is 83.5 Å². The molecule has 6 nitrogen and oxygen atoms in total. The average Bonchev–Trinajstić information content (AvgIpc) is 3.12. The standard InChI is InChI=1S/C29H34FNO5/c1-17-20-11-13-31(25(33)6-5-7-26(34)35)28(21(20)8-9-24(17)36-4)23(32)16-18-14-19-10-12-29(2,3)27(19)22(30)15-18/h8-9,14-15,28H,5-7,10-13,16H2,1-4H3,(H,34,35)/t28-/m1/s1. The van der Waals surface area contributed by atoms with E-state index in [0.29, 0.717) is 18.5 Å². The van der Waals surface area contributed by atoms with Crippen LogP contribution in [0, 0.1) is 12.7 Å². The summed E-state index contributed by atoms with van der Waals surface area (Å²) in [5.41, 5.74) is 4.78. The lowest BCUT2D eigenvalue weighted by Crippen LogP contribution is -2.44. The van der Waals surface area contributed by atoms with Gasteiger partial charge in [-0.25, -0.2) is 4.39 Å². The summed E-state index contributed by atoms with van der Waals surface area (Å²) in [6, 6.07) is 6.25. The molecule has 0 aromatic heterocycles. The van der Waals surface area contributed by atoms with Crippen LogP contribution in [-0.4, -0.2) is 41.3 Å². The Balaban J connectivity index is 1.66. The third kappa shape index (κ3) is 4.88. The number of aryl methyl sites for hydroxylation is 1.